The summed E-state index contributed by atoms with van der Waals surface area (Å²) >= 11 is 0. The van der Waals surface area contributed by atoms with E-state index < -0.39 is 0 Å². The fraction of sp³-hybridized carbons (Fsp3) is 0.226. The first kappa shape index (κ1) is 38.0. The molecule has 0 saturated carbocycles. The molecular formula is C53H52N5O+. The third kappa shape index (κ3) is 7.18. The molecule has 0 amide bonds. The van der Waals surface area contributed by atoms with E-state index in [2.05, 4.69) is 204 Å². The molecule has 0 N–H and O–H groups in total. The van der Waals surface area contributed by atoms with Crippen LogP contribution in [-0.4, -0.2) is 19.1 Å². The van der Waals surface area contributed by atoms with Crippen molar-refractivity contribution in [3.8, 4) is 39.9 Å². The summed E-state index contributed by atoms with van der Waals surface area (Å²) < 4.78 is 13.4. The van der Waals surface area contributed by atoms with E-state index in [1.807, 2.05) is 24.5 Å². The van der Waals surface area contributed by atoms with Gasteiger partial charge in [0, 0.05) is 35.3 Å². The molecule has 0 spiro atoms. The molecule has 6 nitrogen and oxygen atoms in total. The number of fused-ring (bicyclic) bond motifs is 4. The van der Waals surface area contributed by atoms with Gasteiger partial charge in [-0.3, -0.25) is 4.57 Å². The molecule has 0 fully saturated rings. The lowest BCUT2D eigenvalue weighted by Gasteiger charge is -2.25. The Hall–Kier alpha value is -6.53. The number of imidazole rings is 1. The van der Waals surface area contributed by atoms with Crippen LogP contribution in [0.2, 0.25) is 0 Å². The second-order valence-corrected chi connectivity index (χ2v) is 18.8. The maximum Gasteiger partial charge on any atom is 0.256 e. The van der Waals surface area contributed by atoms with Gasteiger partial charge < -0.3 is 4.74 Å². The molecule has 0 radical (unpaired) electrons. The Bertz CT molecular complexity index is 2990. The normalized spacial score (nSPS) is 12.5. The number of para-hydroxylation sites is 2. The summed E-state index contributed by atoms with van der Waals surface area (Å²) in [4.78, 5) is 9.80. The number of hydrogen-bond donors (Lipinski definition) is 0. The summed E-state index contributed by atoms with van der Waals surface area (Å²) in [6.45, 7) is 20.4. The topological polar surface area (TPSA) is 48.8 Å². The molecule has 59 heavy (non-hydrogen) atoms. The molecule has 0 saturated heterocycles. The number of rotatable bonds is 6. The van der Waals surface area contributed by atoms with Crippen LogP contribution in [0, 0.1) is 0 Å². The van der Waals surface area contributed by atoms with Gasteiger partial charge in [-0.2, -0.15) is 9.13 Å². The molecular weight excluding hydrogens is 723 g/mol. The highest BCUT2D eigenvalue weighted by Crippen LogP contribution is 2.38. The highest BCUT2D eigenvalue weighted by atomic mass is 16.5. The predicted molar refractivity (Wildman–Crippen MR) is 243 cm³/mol. The van der Waals surface area contributed by atoms with Crippen LogP contribution in [0.15, 0.2) is 152 Å². The largest absolute Gasteiger partial charge is 0.457 e. The van der Waals surface area contributed by atoms with Crippen molar-refractivity contribution < 1.29 is 9.30 Å². The zero-order chi connectivity index (χ0) is 41.3. The SMILES string of the molecule is CC(C)(C)c1cc(-[n+]2cn(-c3cc(Oc4ccc5c6cc(-c7ccccc7)ccc6n(-c6cc(C(C)(C)C)ccn6)c5c4)ccn3)c3ccccc32)cc(C(C)(C)C)c1. The van der Waals surface area contributed by atoms with Crippen molar-refractivity contribution in [3.63, 3.8) is 0 Å². The molecule has 294 valence electrons. The Balaban J connectivity index is 1.14. The first-order valence-corrected chi connectivity index (χ1v) is 20.5. The summed E-state index contributed by atoms with van der Waals surface area (Å²) in [6, 6.07) is 47.4. The van der Waals surface area contributed by atoms with Gasteiger partial charge in [-0.15, -0.1) is 0 Å². The molecule has 4 aromatic heterocycles. The fourth-order valence-corrected chi connectivity index (χ4v) is 7.98. The number of ether oxygens (including phenoxy) is 1. The van der Waals surface area contributed by atoms with Gasteiger partial charge in [-0.25, -0.2) is 9.97 Å². The second kappa shape index (κ2) is 14.1. The number of nitrogens with zero attached hydrogens (tertiary/aromatic N) is 5. The van der Waals surface area contributed by atoms with Crippen molar-refractivity contribution in [2.75, 3.05) is 0 Å². The first-order valence-electron chi connectivity index (χ1n) is 20.5. The van der Waals surface area contributed by atoms with Gasteiger partial charge >= 0.3 is 0 Å². The number of pyridine rings is 2. The molecule has 0 bridgehead atoms. The highest BCUT2D eigenvalue weighted by molar-refractivity contribution is 6.10. The molecule has 9 aromatic rings. The predicted octanol–water partition coefficient (Wildman–Crippen LogP) is 13.1. The molecule has 0 aliphatic rings. The van der Waals surface area contributed by atoms with Gasteiger partial charge in [0.25, 0.3) is 6.33 Å². The van der Waals surface area contributed by atoms with E-state index in [1.165, 1.54) is 27.8 Å². The number of benzene rings is 5. The Labute approximate surface area is 347 Å². The third-order valence-corrected chi connectivity index (χ3v) is 11.4. The number of aromatic nitrogens is 5. The molecule has 4 heterocycles. The van der Waals surface area contributed by atoms with Gasteiger partial charge in [0.05, 0.1) is 11.0 Å². The highest BCUT2D eigenvalue weighted by Gasteiger charge is 2.26. The van der Waals surface area contributed by atoms with Gasteiger partial charge in [0.2, 0.25) is 5.82 Å². The minimum absolute atomic E-state index is 0.00236. The quantitative estimate of drug-likeness (QED) is 0.158. The van der Waals surface area contributed by atoms with Crippen LogP contribution in [0.5, 0.6) is 11.5 Å². The summed E-state index contributed by atoms with van der Waals surface area (Å²) in [6.07, 6.45) is 5.90. The zero-order valence-electron chi connectivity index (χ0n) is 35.6. The Morgan fingerprint density at radius 3 is 1.86 bits per heavy atom. The van der Waals surface area contributed by atoms with Crippen molar-refractivity contribution >= 4 is 32.8 Å². The Morgan fingerprint density at radius 2 is 1.14 bits per heavy atom. The maximum absolute atomic E-state index is 6.72. The maximum atomic E-state index is 6.72. The summed E-state index contributed by atoms with van der Waals surface area (Å²) in [5, 5.41) is 2.30. The second-order valence-electron chi connectivity index (χ2n) is 18.8. The van der Waals surface area contributed by atoms with Crippen molar-refractivity contribution in [1.82, 2.24) is 19.1 Å². The van der Waals surface area contributed by atoms with E-state index in [-0.39, 0.29) is 16.2 Å². The summed E-state index contributed by atoms with van der Waals surface area (Å²) in [7, 11) is 0. The molecule has 0 atom stereocenters. The molecule has 9 rings (SSSR count). The van der Waals surface area contributed by atoms with Crippen LogP contribution in [0.4, 0.5) is 0 Å². The van der Waals surface area contributed by atoms with E-state index in [4.69, 9.17) is 14.7 Å². The molecule has 0 unspecified atom stereocenters. The van der Waals surface area contributed by atoms with Crippen LogP contribution in [-0.2, 0) is 16.2 Å². The number of hydrogen-bond acceptors (Lipinski definition) is 3. The monoisotopic (exact) mass is 774 g/mol. The van der Waals surface area contributed by atoms with Crippen molar-refractivity contribution in [3.05, 3.63) is 169 Å². The summed E-state index contributed by atoms with van der Waals surface area (Å²) in [5.74, 6) is 3.08. The van der Waals surface area contributed by atoms with Gasteiger partial charge in [-0.1, -0.05) is 117 Å². The van der Waals surface area contributed by atoms with Crippen molar-refractivity contribution in [1.29, 1.82) is 0 Å². The molecule has 5 aromatic carbocycles. The average Bonchev–Trinajstić information content (AvgIpc) is 3.76. The summed E-state index contributed by atoms with van der Waals surface area (Å²) in [5.41, 5.74) is 11.6. The zero-order valence-corrected chi connectivity index (χ0v) is 35.6. The van der Waals surface area contributed by atoms with Crippen molar-refractivity contribution in [2.45, 2.75) is 78.6 Å². The van der Waals surface area contributed by atoms with Gasteiger partial charge in [0.1, 0.15) is 23.0 Å². The minimum atomic E-state index is -0.0274. The molecule has 0 aliphatic heterocycles. The lowest BCUT2D eigenvalue weighted by atomic mass is 9.80. The smallest absolute Gasteiger partial charge is 0.256 e. The van der Waals surface area contributed by atoms with Crippen molar-refractivity contribution in [2.24, 2.45) is 0 Å². The van der Waals surface area contributed by atoms with Crippen LogP contribution in [0.1, 0.15) is 79.0 Å². The fourth-order valence-electron chi connectivity index (χ4n) is 7.98. The lowest BCUT2D eigenvalue weighted by Crippen LogP contribution is -2.31. The van der Waals surface area contributed by atoms with Crippen LogP contribution < -0.4 is 9.30 Å². The van der Waals surface area contributed by atoms with Crippen LogP contribution in [0.3, 0.4) is 0 Å². The average molecular weight is 775 g/mol. The third-order valence-electron chi connectivity index (χ3n) is 11.4. The van der Waals surface area contributed by atoms with E-state index in [1.54, 1.807) is 0 Å². The minimum Gasteiger partial charge on any atom is -0.457 e. The van der Waals surface area contributed by atoms with Crippen LogP contribution >= 0.6 is 0 Å². The van der Waals surface area contributed by atoms with Crippen LogP contribution in [0.25, 0.3) is 61.3 Å². The Kier molecular flexibility index (Phi) is 9.08. The molecule has 6 heteroatoms. The Morgan fingerprint density at radius 1 is 0.475 bits per heavy atom. The first-order chi connectivity index (χ1) is 28.1. The van der Waals surface area contributed by atoms with E-state index in [0.29, 0.717) is 5.75 Å². The van der Waals surface area contributed by atoms with E-state index in [9.17, 15) is 0 Å². The standard InChI is InChI=1S/C53H52N5O/c1-51(2,3)37-23-25-55-50(31-37)58-45-22-19-36(35-15-11-10-12-16-35)27-44(45)43-21-20-41(32-48(43)58)59-42-24-26-54-49(33-42)57-34-56(46-17-13-14-18-47(46)57)40-29-38(52(4,5)6)28-39(30-40)53(7,8)9/h10-34H,1-9H3/q+1. The van der Waals surface area contributed by atoms with E-state index in [0.717, 1.165) is 55.9 Å². The van der Waals surface area contributed by atoms with E-state index >= 15 is 0 Å². The van der Waals surface area contributed by atoms with Gasteiger partial charge in [-0.05, 0) is 111 Å². The van der Waals surface area contributed by atoms with Gasteiger partial charge in [0.15, 0.2) is 11.0 Å². The molecule has 0 aliphatic carbocycles. The lowest BCUT2D eigenvalue weighted by molar-refractivity contribution is -0.567.